The van der Waals surface area contributed by atoms with Crippen LogP contribution in [0.4, 0.5) is 5.69 Å². The Morgan fingerprint density at radius 1 is 1.24 bits per heavy atom. The average molecular weight is 224 g/mol. The average Bonchev–Trinajstić information content (AvgIpc) is 2.76. The molecule has 0 atom stereocenters. The number of aryl methyl sites for hydroxylation is 1. The number of nitrogens with one attached hydrogen (secondary N) is 1. The Labute approximate surface area is 98.5 Å². The molecular weight excluding hydrogens is 212 g/mol. The molecule has 0 fully saturated rings. The van der Waals surface area contributed by atoms with Crippen LogP contribution in [0.2, 0.25) is 0 Å². The van der Waals surface area contributed by atoms with Crippen LogP contribution in [0, 0.1) is 6.92 Å². The number of para-hydroxylation sites is 1. The summed E-state index contributed by atoms with van der Waals surface area (Å²) >= 11 is 0. The quantitative estimate of drug-likeness (QED) is 0.667. The fourth-order valence-electron chi connectivity index (χ4n) is 1.86. The molecule has 4 heteroatoms. The van der Waals surface area contributed by atoms with Gasteiger partial charge in [-0.3, -0.25) is 0 Å². The van der Waals surface area contributed by atoms with Crippen LogP contribution >= 0.6 is 0 Å². The van der Waals surface area contributed by atoms with Crippen LogP contribution in [-0.2, 0) is 0 Å². The first kappa shape index (κ1) is 9.84. The molecule has 17 heavy (non-hydrogen) atoms. The van der Waals surface area contributed by atoms with Crippen LogP contribution in [0.1, 0.15) is 5.69 Å². The molecule has 1 aromatic carbocycles. The van der Waals surface area contributed by atoms with E-state index in [2.05, 4.69) is 21.0 Å². The van der Waals surface area contributed by atoms with Gasteiger partial charge >= 0.3 is 0 Å². The number of fused-ring (bicyclic) bond motifs is 1. The van der Waals surface area contributed by atoms with E-state index < -0.39 is 0 Å². The van der Waals surface area contributed by atoms with Gasteiger partial charge in [0.2, 0.25) is 0 Å². The van der Waals surface area contributed by atoms with Crippen LogP contribution < -0.4 is 5.73 Å². The van der Waals surface area contributed by atoms with Gasteiger partial charge in [-0.25, -0.2) is 9.97 Å². The Morgan fingerprint density at radius 3 is 2.88 bits per heavy atom. The molecule has 3 rings (SSSR count). The van der Waals surface area contributed by atoms with Gasteiger partial charge < -0.3 is 10.7 Å². The maximum absolute atomic E-state index is 5.72. The Balaban J connectivity index is 2.24. The summed E-state index contributed by atoms with van der Waals surface area (Å²) in [6.45, 7) is 1.88. The third-order valence-corrected chi connectivity index (χ3v) is 2.85. The first-order chi connectivity index (χ1) is 8.25. The Kier molecular flexibility index (Phi) is 2.08. The maximum Gasteiger partial charge on any atom is 0.161 e. The largest absolute Gasteiger partial charge is 0.396 e. The van der Waals surface area contributed by atoms with Gasteiger partial charge in [0.15, 0.2) is 5.82 Å². The van der Waals surface area contributed by atoms with E-state index >= 15 is 0 Å². The van der Waals surface area contributed by atoms with E-state index in [0.29, 0.717) is 11.5 Å². The number of anilines is 1. The molecule has 0 aliphatic carbocycles. The Hall–Kier alpha value is -2.36. The van der Waals surface area contributed by atoms with Crippen LogP contribution in [-0.4, -0.2) is 15.0 Å². The van der Waals surface area contributed by atoms with Gasteiger partial charge in [0.1, 0.15) is 0 Å². The lowest BCUT2D eigenvalue weighted by Gasteiger charge is -2.01. The molecule has 0 spiro atoms. The minimum absolute atomic E-state index is 0.619. The summed E-state index contributed by atoms with van der Waals surface area (Å²) in [5.74, 6) is 0.703. The SMILES string of the molecule is Cc1nc(-c2c[nH]c3ccccc23)ncc1N. The van der Waals surface area contributed by atoms with Crippen molar-refractivity contribution in [2.45, 2.75) is 6.92 Å². The van der Waals surface area contributed by atoms with Gasteiger partial charge in [-0.05, 0) is 13.0 Å². The van der Waals surface area contributed by atoms with E-state index in [-0.39, 0.29) is 0 Å². The van der Waals surface area contributed by atoms with E-state index in [4.69, 9.17) is 5.73 Å². The van der Waals surface area contributed by atoms with Crippen LogP contribution in [0.3, 0.4) is 0 Å². The van der Waals surface area contributed by atoms with E-state index in [1.807, 2.05) is 31.3 Å². The smallest absolute Gasteiger partial charge is 0.161 e. The highest BCUT2D eigenvalue weighted by molar-refractivity contribution is 5.93. The molecule has 0 saturated heterocycles. The van der Waals surface area contributed by atoms with Crippen LogP contribution in [0.15, 0.2) is 36.7 Å². The Bertz CT molecular complexity index is 685. The highest BCUT2D eigenvalue weighted by atomic mass is 14.9. The molecule has 0 saturated carbocycles. The topological polar surface area (TPSA) is 67.6 Å². The van der Waals surface area contributed by atoms with Crippen molar-refractivity contribution >= 4 is 16.6 Å². The van der Waals surface area contributed by atoms with E-state index in [1.165, 1.54) is 0 Å². The fourth-order valence-corrected chi connectivity index (χ4v) is 1.86. The Morgan fingerprint density at radius 2 is 2.06 bits per heavy atom. The van der Waals surface area contributed by atoms with Crippen molar-refractivity contribution in [2.75, 3.05) is 5.73 Å². The number of hydrogen-bond acceptors (Lipinski definition) is 3. The molecule has 3 N–H and O–H groups in total. The lowest BCUT2D eigenvalue weighted by molar-refractivity contribution is 1.12. The molecule has 84 valence electrons. The van der Waals surface area contributed by atoms with Crippen molar-refractivity contribution in [3.05, 3.63) is 42.4 Å². The third-order valence-electron chi connectivity index (χ3n) is 2.85. The van der Waals surface area contributed by atoms with Crippen molar-refractivity contribution in [1.82, 2.24) is 15.0 Å². The van der Waals surface area contributed by atoms with Gasteiger partial charge in [-0.2, -0.15) is 0 Å². The van der Waals surface area contributed by atoms with Gasteiger partial charge in [-0.1, -0.05) is 18.2 Å². The summed E-state index contributed by atoms with van der Waals surface area (Å²) in [5.41, 5.74) is 9.23. The van der Waals surface area contributed by atoms with Gasteiger partial charge in [0, 0.05) is 22.7 Å². The monoisotopic (exact) mass is 224 g/mol. The predicted octanol–water partition coefficient (Wildman–Crippen LogP) is 2.52. The number of nitrogens with zero attached hydrogens (tertiary/aromatic N) is 2. The van der Waals surface area contributed by atoms with Crippen molar-refractivity contribution in [3.8, 4) is 11.4 Å². The number of nitrogen functional groups attached to an aromatic ring is 1. The molecule has 0 unspecified atom stereocenters. The van der Waals surface area contributed by atoms with Crippen molar-refractivity contribution in [1.29, 1.82) is 0 Å². The number of aromatic nitrogens is 3. The van der Waals surface area contributed by atoms with Crippen LogP contribution in [0.5, 0.6) is 0 Å². The lowest BCUT2D eigenvalue weighted by Crippen LogP contribution is -1.97. The molecular formula is C13H12N4. The molecule has 0 radical (unpaired) electrons. The second-order valence-corrected chi connectivity index (χ2v) is 3.98. The van der Waals surface area contributed by atoms with Crippen molar-refractivity contribution in [2.24, 2.45) is 0 Å². The predicted molar refractivity (Wildman–Crippen MR) is 68.5 cm³/mol. The molecule has 2 heterocycles. The highest BCUT2D eigenvalue weighted by Gasteiger charge is 2.08. The van der Waals surface area contributed by atoms with Gasteiger partial charge in [0.05, 0.1) is 17.6 Å². The van der Waals surface area contributed by atoms with Crippen molar-refractivity contribution in [3.63, 3.8) is 0 Å². The molecule has 3 aromatic rings. The zero-order valence-electron chi connectivity index (χ0n) is 9.44. The molecule has 0 aliphatic rings. The third kappa shape index (κ3) is 1.54. The summed E-state index contributed by atoms with van der Waals surface area (Å²) in [4.78, 5) is 11.9. The normalized spacial score (nSPS) is 10.9. The summed E-state index contributed by atoms with van der Waals surface area (Å²) in [6, 6.07) is 8.08. The van der Waals surface area contributed by atoms with Crippen molar-refractivity contribution < 1.29 is 0 Å². The lowest BCUT2D eigenvalue weighted by atomic mass is 10.1. The minimum atomic E-state index is 0.619. The standard InChI is InChI=1S/C13H12N4/c1-8-11(14)7-16-13(17-8)10-6-15-12-5-3-2-4-9(10)12/h2-7,15H,14H2,1H3. The number of aromatic amines is 1. The molecule has 0 bridgehead atoms. The first-order valence-corrected chi connectivity index (χ1v) is 5.41. The molecule has 0 amide bonds. The number of hydrogen-bond donors (Lipinski definition) is 2. The summed E-state index contributed by atoms with van der Waals surface area (Å²) in [5, 5.41) is 1.12. The minimum Gasteiger partial charge on any atom is -0.396 e. The zero-order chi connectivity index (χ0) is 11.8. The molecule has 4 nitrogen and oxygen atoms in total. The number of rotatable bonds is 1. The van der Waals surface area contributed by atoms with E-state index in [1.54, 1.807) is 6.20 Å². The van der Waals surface area contributed by atoms with E-state index in [9.17, 15) is 0 Å². The number of nitrogens with two attached hydrogens (primary N) is 1. The highest BCUT2D eigenvalue weighted by Crippen LogP contribution is 2.26. The summed E-state index contributed by atoms with van der Waals surface area (Å²) in [6.07, 6.45) is 3.58. The van der Waals surface area contributed by atoms with Crippen LogP contribution in [0.25, 0.3) is 22.3 Å². The first-order valence-electron chi connectivity index (χ1n) is 5.41. The summed E-state index contributed by atoms with van der Waals surface area (Å²) in [7, 11) is 0. The van der Waals surface area contributed by atoms with E-state index in [0.717, 1.165) is 22.2 Å². The zero-order valence-corrected chi connectivity index (χ0v) is 9.44. The maximum atomic E-state index is 5.72. The van der Waals surface area contributed by atoms with Gasteiger partial charge in [-0.15, -0.1) is 0 Å². The fraction of sp³-hybridized carbons (Fsp3) is 0.0769. The van der Waals surface area contributed by atoms with Gasteiger partial charge in [0.25, 0.3) is 0 Å². The second kappa shape index (κ2) is 3.59. The number of benzene rings is 1. The number of H-pyrrole nitrogens is 1. The molecule has 2 aromatic heterocycles. The molecule has 0 aliphatic heterocycles. The summed E-state index contributed by atoms with van der Waals surface area (Å²) < 4.78 is 0. The second-order valence-electron chi connectivity index (χ2n) is 3.98.